The Morgan fingerprint density at radius 3 is 1.30 bits per heavy atom. The molecule has 0 heterocycles. The van der Waals surface area contributed by atoms with Crippen LogP contribution in [0.5, 0.6) is 0 Å². The summed E-state index contributed by atoms with van der Waals surface area (Å²) in [5.74, 6) is -1.10. The van der Waals surface area contributed by atoms with Gasteiger partial charge in [0.05, 0.1) is 6.61 Å². The van der Waals surface area contributed by atoms with Crippen LogP contribution in [0.3, 0.4) is 0 Å². The van der Waals surface area contributed by atoms with E-state index in [1.165, 1.54) is 96.3 Å². The van der Waals surface area contributed by atoms with Crippen molar-refractivity contribution < 1.29 is 63.1 Å². The van der Waals surface area contributed by atoms with E-state index in [9.17, 15) is 44.6 Å². The molecular weight excluding hydrogens is 876 g/mol. The Labute approximate surface area is 405 Å². The maximum absolute atomic E-state index is 12.9. The van der Waals surface area contributed by atoms with Crippen LogP contribution in [0.1, 0.15) is 219 Å². The summed E-state index contributed by atoms with van der Waals surface area (Å²) in [7, 11) is -5.13. The smallest absolute Gasteiger partial charge is 0.462 e. The quantitative estimate of drug-likeness (QED) is 0.0145. The van der Waals surface area contributed by atoms with Crippen molar-refractivity contribution in [3.8, 4) is 0 Å². The molecule has 6 unspecified atom stereocenters. The third kappa shape index (κ3) is 34.7. The summed E-state index contributed by atoms with van der Waals surface area (Å²) >= 11 is 0. The lowest BCUT2D eigenvalue weighted by molar-refractivity contribution is -0.220. The highest BCUT2D eigenvalue weighted by molar-refractivity contribution is 7.47. The van der Waals surface area contributed by atoms with Gasteiger partial charge in [0.25, 0.3) is 0 Å². The lowest BCUT2D eigenvalue weighted by atomic mass is 9.85. The van der Waals surface area contributed by atoms with Gasteiger partial charge >= 0.3 is 19.8 Å². The van der Waals surface area contributed by atoms with Gasteiger partial charge in [-0.15, -0.1) is 0 Å². The molecule has 1 fully saturated rings. The SMILES string of the molecule is CC/C=C\C/C=C\C/C=C\C/C=C\CCCCCCCCCCC(=O)OC(COC(=O)CCCCCCCCCCCCCCCCCCC)COP(=O)(O)OC1C(O)C(O)C(O)C(O)C1O. The second kappa shape index (κ2) is 42.7. The number of rotatable bonds is 44. The highest BCUT2D eigenvalue weighted by Gasteiger charge is 2.51. The van der Waals surface area contributed by atoms with Gasteiger partial charge in [-0.05, 0) is 51.4 Å². The van der Waals surface area contributed by atoms with Gasteiger partial charge in [0, 0.05) is 12.8 Å². The first-order chi connectivity index (χ1) is 32.4. The first-order valence-electron chi connectivity index (χ1n) is 26.4. The van der Waals surface area contributed by atoms with E-state index in [-0.39, 0.29) is 12.8 Å². The number of carbonyl (C=O) groups excluding carboxylic acids is 2. The zero-order chi connectivity index (χ0) is 49.2. The van der Waals surface area contributed by atoms with E-state index in [1.807, 2.05) is 0 Å². The van der Waals surface area contributed by atoms with Crippen molar-refractivity contribution in [2.75, 3.05) is 13.2 Å². The number of phosphoric acid groups is 1. The van der Waals surface area contributed by atoms with Gasteiger partial charge in [-0.2, -0.15) is 0 Å². The van der Waals surface area contributed by atoms with Crippen LogP contribution >= 0.6 is 7.82 Å². The van der Waals surface area contributed by atoms with Crippen LogP contribution in [0.25, 0.3) is 0 Å². The molecule has 0 bridgehead atoms. The summed E-state index contributed by atoms with van der Waals surface area (Å²) in [6.45, 7) is 3.21. The van der Waals surface area contributed by atoms with Gasteiger partial charge in [-0.3, -0.25) is 18.6 Å². The third-order valence-electron chi connectivity index (χ3n) is 12.2. The lowest BCUT2D eigenvalue weighted by Crippen LogP contribution is -2.64. The number of unbranched alkanes of at least 4 members (excludes halogenated alkanes) is 24. The van der Waals surface area contributed by atoms with E-state index >= 15 is 0 Å². The standard InChI is InChI=1S/C53H95O13P/c1-3-5-7-9-11-13-15-17-19-21-22-23-24-26-28-30-32-34-36-38-40-42-47(55)65-45(44-64-67(61,62)66-53-51(59)49(57)48(56)50(58)52(53)60)43-63-46(54)41-39-37-35-33-31-29-27-25-20-18-16-14-12-10-8-6-4-2/h5,7,11,13,17,19,22-23,45,48-53,56-60H,3-4,6,8-10,12,14-16,18,20-21,24-44H2,1-2H3,(H,61,62)/b7-5-,13-11-,19-17-,23-22-. The van der Waals surface area contributed by atoms with Gasteiger partial charge in [0.15, 0.2) is 6.10 Å². The fourth-order valence-electron chi connectivity index (χ4n) is 7.99. The van der Waals surface area contributed by atoms with E-state index < -0.39 is 75.7 Å². The van der Waals surface area contributed by atoms with E-state index in [1.54, 1.807) is 0 Å². The molecule has 0 radical (unpaired) electrons. The molecule has 0 aromatic heterocycles. The maximum atomic E-state index is 12.9. The normalized spacial score (nSPS) is 21.5. The van der Waals surface area contributed by atoms with E-state index in [0.717, 1.165) is 83.5 Å². The monoisotopic (exact) mass is 971 g/mol. The van der Waals surface area contributed by atoms with E-state index in [0.29, 0.717) is 12.8 Å². The predicted molar refractivity (Wildman–Crippen MR) is 267 cm³/mol. The molecule has 0 amide bonds. The van der Waals surface area contributed by atoms with Crippen molar-refractivity contribution >= 4 is 19.8 Å². The van der Waals surface area contributed by atoms with Gasteiger partial charge in [-0.25, -0.2) is 4.57 Å². The summed E-state index contributed by atoms with van der Waals surface area (Å²) in [4.78, 5) is 35.9. The Bertz CT molecular complexity index is 1350. The van der Waals surface area contributed by atoms with Crippen molar-refractivity contribution in [2.45, 2.75) is 262 Å². The lowest BCUT2D eigenvalue weighted by Gasteiger charge is -2.41. The van der Waals surface area contributed by atoms with Crippen LogP contribution in [-0.4, -0.2) is 98.3 Å². The van der Waals surface area contributed by atoms with Crippen molar-refractivity contribution in [2.24, 2.45) is 0 Å². The number of hydrogen-bond acceptors (Lipinski definition) is 12. The van der Waals surface area contributed by atoms with Crippen LogP contribution in [0, 0.1) is 0 Å². The molecule has 1 aliphatic rings. The second-order valence-corrected chi connectivity index (χ2v) is 19.8. The Kier molecular flexibility index (Phi) is 40.0. The Morgan fingerprint density at radius 1 is 0.478 bits per heavy atom. The van der Waals surface area contributed by atoms with E-state index in [4.69, 9.17) is 18.5 Å². The molecule has 6 atom stereocenters. The van der Waals surface area contributed by atoms with E-state index in [2.05, 4.69) is 62.5 Å². The van der Waals surface area contributed by atoms with Crippen LogP contribution in [0.15, 0.2) is 48.6 Å². The van der Waals surface area contributed by atoms with Crippen LogP contribution in [0.2, 0.25) is 0 Å². The van der Waals surface area contributed by atoms with Crippen molar-refractivity contribution in [1.29, 1.82) is 0 Å². The van der Waals surface area contributed by atoms with Gasteiger partial charge in [-0.1, -0.05) is 204 Å². The van der Waals surface area contributed by atoms with Crippen molar-refractivity contribution in [1.82, 2.24) is 0 Å². The predicted octanol–water partition coefficient (Wildman–Crippen LogP) is 11.5. The Balaban J connectivity index is 2.39. The van der Waals surface area contributed by atoms with Gasteiger partial charge < -0.3 is 39.9 Å². The minimum absolute atomic E-state index is 0.0877. The second-order valence-electron chi connectivity index (χ2n) is 18.4. The number of phosphoric ester groups is 1. The van der Waals surface area contributed by atoms with Gasteiger partial charge in [0.2, 0.25) is 0 Å². The summed E-state index contributed by atoms with van der Waals surface area (Å²) in [6.07, 6.45) is 38.6. The zero-order valence-corrected chi connectivity index (χ0v) is 42.6. The number of aliphatic hydroxyl groups excluding tert-OH is 5. The molecule has 0 saturated heterocycles. The molecule has 1 aliphatic carbocycles. The summed E-state index contributed by atoms with van der Waals surface area (Å²) in [6, 6.07) is 0. The third-order valence-corrected chi connectivity index (χ3v) is 13.2. The molecule has 0 aromatic rings. The number of carbonyl (C=O) groups is 2. The fourth-order valence-corrected chi connectivity index (χ4v) is 8.96. The summed E-state index contributed by atoms with van der Waals surface area (Å²) in [5, 5.41) is 50.3. The molecule has 1 saturated carbocycles. The van der Waals surface area contributed by atoms with Crippen LogP contribution < -0.4 is 0 Å². The van der Waals surface area contributed by atoms with Crippen molar-refractivity contribution in [3.05, 3.63) is 48.6 Å². The van der Waals surface area contributed by atoms with Crippen LogP contribution in [0.4, 0.5) is 0 Å². The first-order valence-corrected chi connectivity index (χ1v) is 27.9. The fraction of sp³-hybridized carbons (Fsp3) is 0.811. The average Bonchev–Trinajstić information content (AvgIpc) is 3.31. The average molecular weight is 971 g/mol. The Hall–Kier alpha value is -2.19. The first kappa shape index (κ1) is 62.8. The largest absolute Gasteiger partial charge is 0.472 e. The molecule has 13 nitrogen and oxygen atoms in total. The maximum Gasteiger partial charge on any atom is 0.472 e. The molecule has 0 aromatic carbocycles. The number of esters is 2. The molecule has 0 spiro atoms. The van der Waals surface area contributed by atoms with Crippen LogP contribution in [-0.2, 0) is 32.7 Å². The molecule has 390 valence electrons. The number of allylic oxidation sites excluding steroid dienone is 8. The highest BCUT2D eigenvalue weighted by atomic mass is 31.2. The number of ether oxygens (including phenoxy) is 2. The highest BCUT2D eigenvalue weighted by Crippen LogP contribution is 2.47. The van der Waals surface area contributed by atoms with Crippen molar-refractivity contribution in [3.63, 3.8) is 0 Å². The van der Waals surface area contributed by atoms with Gasteiger partial charge in [0.1, 0.15) is 43.2 Å². The molecule has 67 heavy (non-hydrogen) atoms. The molecule has 0 aliphatic heterocycles. The zero-order valence-electron chi connectivity index (χ0n) is 41.7. The molecular formula is C53H95O13P. The molecule has 6 N–H and O–H groups in total. The number of hydrogen-bond donors (Lipinski definition) is 6. The summed E-state index contributed by atoms with van der Waals surface area (Å²) in [5.41, 5.74) is 0. The number of aliphatic hydroxyl groups is 5. The molecule has 1 rings (SSSR count). The topological polar surface area (TPSA) is 210 Å². The Morgan fingerprint density at radius 2 is 0.851 bits per heavy atom. The minimum Gasteiger partial charge on any atom is -0.462 e. The molecule has 14 heteroatoms. The summed E-state index contributed by atoms with van der Waals surface area (Å²) < 4.78 is 33.7. The minimum atomic E-state index is -5.13.